The molecule has 1 heteroatoms. The van der Waals surface area contributed by atoms with Crippen molar-refractivity contribution in [2.24, 2.45) is 4.99 Å². The summed E-state index contributed by atoms with van der Waals surface area (Å²) in [6.07, 6.45) is 3.32. The average Bonchev–Trinajstić information content (AvgIpc) is 2.54. The highest BCUT2D eigenvalue weighted by atomic mass is 14.6. The van der Waals surface area contributed by atoms with Gasteiger partial charge in [-0.15, -0.1) is 6.40 Å². The molecular formula is C20H5N. The summed E-state index contributed by atoms with van der Waals surface area (Å²) >= 11 is 0. The quantitative estimate of drug-likeness (QED) is 0.441. The van der Waals surface area contributed by atoms with Gasteiger partial charge < -0.3 is 0 Å². The van der Waals surface area contributed by atoms with E-state index in [4.69, 9.17) is 1.37 Å². The number of rotatable bonds is 0. The van der Waals surface area contributed by atoms with E-state index in [1.165, 1.54) is 6.21 Å². The summed E-state index contributed by atoms with van der Waals surface area (Å²) in [5.41, 5.74) is 0. The van der Waals surface area contributed by atoms with E-state index in [-0.39, 0.29) is 0 Å². The molecule has 0 atom stereocenters. The van der Waals surface area contributed by atoms with Crippen molar-refractivity contribution in [3.05, 3.63) is 0 Å². The highest BCUT2D eigenvalue weighted by molar-refractivity contribution is 5.79. The minimum Gasteiger partial charge on any atom is -0.287 e. The topological polar surface area (TPSA) is 12.4 Å². The van der Waals surface area contributed by atoms with Crippen molar-refractivity contribution in [2.45, 2.75) is 0 Å². The van der Waals surface area contributed by atoms with Crippen LogP contribution in [0.5, 0.6) is 0 Å². The molecule has 0 amide bonds. The fraction of sp³-hybridized carbons (Fsp3) is 0.0500. The standard InChI is InChI=1S/C20H5N/c1-3-4-5-6-7-8-9-10-11-12-13-14-15-16-17-18-19-20-21-2/h1,20H,2H3/b21-20+/i1T. The molecule has 21 heavy (non-hydrogen) atoms. The van der Waals surface area contributed by atoms with Gasteiger partial charge in [-0.1, -0.05) is 0 Å². The summed E-state index contributed by atoms with van der Waals surface area (Å²) in [5, 5.41) is 0. The summed E-state index contributed by atoms with van der Waals surface area (Å²) in [6, 6.07) is 0. The molecule has 0 aromatic heterocycles. The van der Waals surface area contributed by atoms with Gasteiger partial charge in [-0.05, 0) is 101 Å². The summed E-state index contributed by atoms with van der Waals surface area (Å²) in [5.74, 6) is 41.9. The SMILES string of the molecule is [3H]C#CC#CC#CC#CC#CC#CC#CC#CC#C/C=N/C. The van der Waals surface area contributed by atoms with Crippen molar-refractivity contribution >= 4 is 6.21 Å². The second kappa shape index (κ2) is 15.7. The van der Waals surface area contributed by atoms with Crippen LogP contribution in [-0.4, -0.2) is 13.3 Å². The maximum Gasteiger partial charge on any atom is 0.125 e. The fourth-order valence-electron chi connectivity index (χ4n) is 0.570. The molecule has 0 aliphatic carbocycles. The predicted molar refractivity (Wildman–Crippen MR) is 85.5 cm³/mol. The van der Waals surface area contributed by atoms with E-state index in [1.807, 2.05) is 6.40 Å². The van der Waals surface area contributed by atoms with Crippen LogP contribution in [0.15, 0.2) is 4.99 Å². The van der Waals surface area contributed by atoms with E-state index in [0.29, 0.717) is 0 Å². The first-order chi connectivity index (χ1) is 10.9. The molecule has 1 nitrogen and oxygen atoms in total. The number of hydrogen-bond donors (Lipinski definition) is 0. The van der Waals surface area contributed by atoms with Gasteiger partial charge in [0.05, 0.1) is 6.21 Å². The van der Waals surface area contributed by atoms with Gasteiger partial charge in [0.15, 0.2) is 0 Å². The van der Waals surface area contributed by atoms with Gasteiger partial charge in [0, 0.05) is 7.05 Å². The number of nitrogens with zero attached hydrogens (tertiary/aromatic N) is 1. The van der Waals surface area contributed by atoms with Crippen molar-refractivity contribution in [3.63, 3.8) is 0 Å². The molecule has 0 aliphatic rings. The van der Waals surface area contributed by atoms with Gasteiger partial charge in [-0.3, -0.25) is 4.99 Å². The molecule has 0 radical (unpaired) electrons. The van der Waals surface area contributed by atoms with E-state index < -0.39 is 0 Å². The number of terminal acetylenes is 1. The Bertz CT molecular complexity index is 985. The van der Waals surface area contributed by atoms with E-state index in [1.54, 1.807) is 7.05 Å². The third-order valence-corrected chi connectivity index (χ3v) is 1.20. The van der Waals surface area contributed by atoms with E-state index in [9.17, 15) is 0 Å². The Balaban J connectivity index is 4.34. The minimum atomic E-state index is 1.45. The summed E-state index contributed by atoms with van der Waals surface area (Å²) in [4.78, 5) is 3.67. The Morgan fingerprint density at radius 1 is 0.667 bits per heavy atom. The predicted octanol–water partition coefficient (Wildman–Crippen LogP) is 0.347. The Hall–Kier alpha value is -4.29. The van der Waals surface area contributed by atoms with Crippen LogP contribution >= 0.6 is 0 Å². The lowest BCUT2D eigenvalue weighted by Crippen LogP contribution is -1.60. The van der Waals surface area contributed by atoms with Crippen molar-refractivity contribution in [3.8, 4) is 107 Å². The molecule has 0 rings (SSSR count). The third-order valence-electron chi connectivity index (χ3n) is 1.20. The zero-order valence-corrected chi connectivity index (χ0v) is 11.0. The molecule has 0 spiro atoms. The molecule has 0 aromatic carbocycles. The van der Waals surface area contributed by atoms with Crippen LogP contribution in [0.3, 0.4) is 0 Å². The van der Waals surface area contributed by atoms with Crippen molar-refractivity contribution in [1.82, 2.24) is 0 Å². The molecule has 0 fully saturated rings. The smallest absolute Gasteiger partial charge is 0.125 e. The molecular weight excluding hydrogens is 254 g/mol. The lowest BCUT2D eigenvalue weighted by Gasteiger charge is -1.59. The maximum absolute atomic E-state index is 6.50. The largest absolute Gasteiger partial charge is 0.287 e. The normalized spacial score (nSPS) is 5.29. The van der Waals surface area contributed by atoms with Crippen molar-refractivity contribution < 1.29 is 1.37 Å². The Morgan fingerprint density at radius 3 is 1.43 bits per heavy atom. The Morgan fingerprint density at radius 2 is 1.05 bits per heavy atom. The van der Waals surface area contributed by atoms with Crippen LogP contribution in [-0.2, 0) is 0 Å². The molecule has 0 bridgehead atoms. The molecule has 0 N–H and O–H groups in total. The van der Waals surface area contributed by atoms with Crippen LogP contribution in [0.25, 0.3) is 0 Å². The van der Waals surface area contributed by atoms with Gasteiger partial charge >= 0.3 is 0 Å². The first kappa shape index (κ1) is 14.8. The highest BCUT2D eigenvalue weighted by Crippen LogP contribution is 1.58. The number of hydrogen-bond acceptors (Lipinski definition) is 1. The molecule has 90 valence electrons. The average molecular weight is 261 g/mol. The zero-order valence-electron chi connectivity index (χ0n) is 12.0. The summed E-state index contributed by atoms with van der Waals surface area (Å²) in [6.45, 7) is 0. The fourth-order valence-corrected chi connectivity index (χ4v) is 0.570. The first-order valence-electron chi connectivity index (χ1n) is 5.74. The van der Waals surface area contributed by atoms with Crippen LogP contribution < -0.4 is 0 Å². The Labute approximate surface area is 127 Å². The lowest BCUT2D eigenvalue weighted by molar-refractivity contribution is 1.48. The monoisotopic (exact) mass is 261 g/mol. The van der Waals surface area contributed by atoms with Crippen LogP contribution in [0.4, 0.5) is 0 Å². The van der Waals surface area contributed by atoms with E-state index >= 15 is 0 Å². The summed E-state index contributed by atoms with van der Waals surface area (Å²) in [7, 11) is 1.63. The summed E-state index contributed by atoms with van der Waals surface area (Å²) < 4.78 is 6.50. The van der Waals surface area contributed by atoms with Crippen LogP contribution in [0.2, 0.25) is 0 Å². The van der Waals surface area contributed by atoms with Gasteiger partial charge in [0.25, 0.3) is 0 Å². The maximum atomic E-state index is 6.50. The van der Waals surface area contributed by atoms with Crippen LogP contribution in [0.1, 0.15) is 1.37 Å². The molecule has 0 aliphatic heterocycles. The highest BCUT2D eigenvalue weighted by Gasteiger charge is 1.58. The molecule has 0 saturated carbocycles. The van der Waals surface area contributed by atoms with Crippen LogP contribution in [0, 0.1) is 107 Å². The van der Waals surface area contributed by atoms with Gasteiger partial charge in [-0.25, -0.2) is 0 Å². The molecule has 0 unspecified atom stereocenters. The number of aliphatic imine (C=N–C) groups is 1. The third kappa shape index (κ3) is 15.7. The molecule has 0 aromatic rings. The molecule has 0 saturated heterocycles. The lowest BCUT2D eigenvalue weighted by atomic mass is 10.5. The minimum absolute atomic E-state index is 1.45. The van der Waals surface area contributed by atoms with Gasteiger partial charge in [0.1, 0.15) is 1.37 Å². The zero-order chi connectivity index (χ0) is 16.1. The van der Waals surface area contributed by atoms with Crippen molar-refractivity contribution in [2.75, 3.05) is 7.05 Å². The second-order valence-corrected chi connectivity index (χ2v) is 2.53. The van der Waals surface area contributed by atoms with Gasteiger partial charge in [0.2, 0.25) is 0 Å². The Kier molecular flexibility index (Phi) is 11.0. The second-order valence-electron chi connectivity index (χ2n) is 2.53. The van der Waals surface area contributed by atoms with E-state index in [2.05, 4.69) is 106 Å². The first-order valence-corrected chi connectivity index (χ1v) is 5.24. The van der Waals surface area contributed by atoms with Gasteiger partial charge in [-0.2, -0.15) is 0 Å². The molecule has 0 heterocycles. The van der Waals surface area contributed by atoms with E-state index in [0.717, 1.165) is 0 Å². The van der Waals surface area contributed by atoms with Crippen molar-refractivity contribution in [1.29, 1.82) is 0 Å².